The van der Waals surface area contributed by atoms with Gasteiger partial charge in [0, 0.05) is 12.8 Å². The van der Waals surface area contributed by atoms with Crippen LogP contribution >= 0.6 is 0 Å². The summed E-state index contributed by atoms with van der Waals surface area (Å²) in [5.41, 5.74) is 0. The van der Waals surface area contributed by atoms with Crippen molar-refractivity contribution in [3.8, 4) is 0 Å². The molecule has 0 rings (SSSR count). The van der Waals surface area contributed by atoms with Crippen LogP contribution in [0, 0.1) is 0 Å². The van der Waals surface area contributed by atoms with E-state index >= 15 is 0 Å². The maximum absolute atomic E-state index is 12.6. The number of hydrogen-bond donors (Lipinski definition) is 1. The minimum Gasteiger partial charge on any atom is -0.481 e. The van der Waals surface area contributed by atoms with E-state index in [4.69, 9.17) is 9.84 Å². The molecule has 0 aliphatic heterocycles. The first-order valence-corrected chi connectivity index (χ1v) is 18.5. The van der Waals surface area contributed by atoms with Crippen LogP contribution in [0.25, 0.3) is 0 Å². The summed E-state index contributed by atoms with van der Waals surface area (Å²) in [6.07, 6.45) is 44.5. The Hall–Kier alpha value is -1.84. The second-order valence-electron chi connectivity index (χ2n) is 12.4. The fourth-order valence-electron chi connectivity index (χ4n) is 5.43. The predicted octanol–water partition coefficient (Wildman–Crippen LogP) is 12.6. The summed E-state index contributed by atoms with van der Waals surface area (Å²) in [5.74, 6) is -0.710. The van der Waals surface area contributed by atoms with Gasteiger partial charge in [-0.2, -0.15) is 0 Å². The van der Waals surface area contributed by atoms with Crippen molar-refractivity contribution in [2.75, 3.05) is 0 Å². The molecule has 0 aromatic carbocycles. The van der Waals surface area contributed by atoms with Crippen molar-refractivity contribution >= 4 is 11.9 Å². The Morgan fingerprint density at radius 2 is 0.977 bits per heavy atom. The molecule has 0 heterocycles. The van der Waals surface area contributed by atoms with Gasteiger partial charge in [-0.25, -0.2) is 0 Å². The molecule has 43 heavy (non-hydrogen) atoms. The first-order valence-electron chi connectivity index (χ1n) is 18.5. The number of carboxylic acids is 1. The molecule has 0 spiro atoms. The van der Waals surface area contributed by atoms with E-state index in [0.717, 1.165) is 83.5 Å². The fraction of sp³-hybridized carbons (Fsp3) is 0.795. The summed E-state index contributed by atoms with van der Waals surface area (Å²) in [7, 11) is 0. The van der Waals surface area contributed by atoms with E-state index in [9.17, 15) is 9.59 Å². The van der Waals surface area contributed by atoms with Crippen LogP contribution in [-0.2, 0) is 14.3 Å². The molecule has 0 fully saturated rings. The smallest absolute Gasteiger partial charge is 0.306 e. The lowest BCUT2D eigenvalue weighted by atomic mass is 10.0. The summed E-state index contributed by atoms with van der Waals surface area (Å²) in [6, 6.07) is 0. The van der Waals surface area contributed by atoms with Gasteiger partial charge in [-0.1, -0.05) is 147 Å². The highest BCUT2D eigenvalue weighted by Crippen LogP contribution is 2.18. The van der Waals surface area contributed by atoms with Gasteiger partial charge in [-0.05, 0) is 70.6 Å². The maximum Gasteiger partial charge on any atom is 0.306 e. The van der Waals surface area contributed by atoms with E-state index in [1.54, 1.807) is 0 Å². The number of esters is 1. The molecule has 0 saturated carbocycles. The van der Waals surface area contributed by atoms with Gasteiger partial charge in [0.05, 0.1) is 0 Å². The van der Waals surface area contributed by atoms with Gasteiger partial charge in [-0.15, -0.1) is 0 Å². The minimum atomic E-state index is -0.703. The Kier molecular flexibility index (Phi) is 33.2. The molecule has 1 atom stereocenters. The third kappa shape index (κ3) is 34.5. The number of ether oxygens (including phenoxy) is 1. The highest BCUT2D eigenvalue weighted by atomic mass is 16.5. The van der Waals surface area contributed by atoms with E-state index in [2.05, 4.69) is 50.3 Å². The van der Waals surface area contributed by atoms with Gasteiger partial charge >= 0.3 is 11.9 Å². The van der Waals surface area contributed by atoms with Crippen LogP contribution in [0.15, 0.2) is 36.5 Å². The van der Waals surface area contributed by atoms with Gasteiger partial charge in [0.25, 0.3) is 0 Å². The molecule has 0 bridgehead atoms. The summed E-state index contributed by atoms with van der Waals surface area (Å²) < 4.78 is 5.95. The van der Waals surface area contributed by atoms with E-state index < -0.39 is 5.97 Å². The molecular formula is C39H70O4. The molecule has 0 radical (unpaired) electrons. The number of unbranched alkanes of at least 4 members (excludes halogenated alkanes) is 18. The molecule has 4 nitrogen and oxygen atoms in total. The van der Waals surface area contributed by atoms with Crippen LogP contribution in [0.3, 0.4) is 0 Å². The van der Waals surface area contributed by atoms with E-state index in [0.29, 0.717) is 6.42 Å². The summed E-state index contributed by atoms with van der Waals surface area (Å²) in [6.45, 7) is 4.41. The summed E-state index contributed by atoms with van der Waals surface area (Å²) in [4.78, 5) is 23.2. The SMILES string of the molecule is CC/C=C\C/C=C\C/C=C\CCCCCCCCCCCC(=O)OC(CCCCCCCC)CCCCCCCC(=O)O. The Morgan fingerprint density at radius 3 is 1.51 bits per heavy atom. The number of carboxylic acid groups (broad SMARTS) is 1. The average molecular weight is 603 g/mol. The lowest BCUT2D eigenvalue weighted by molar-refractivity contribution is -0.150. The molecule has 0 aromatic heterocycles. The van der Waals surface area contributed by atoms with Crippen molar-refractivity contribution < 1.29 is 19.4 Å². The summed E-state index contributed by atoms with van der Waals surface area (Å²) >= 11 is 0. The van der Waals surface area contributed by atoms with Crippen molar-refractivity contribution in [3.63, 3.8) is 0 Å². The quantitative estimate of drug-likeness (QED) is 0.0461. The van der Waals surface area contributed by atoms with Crippen molar-refractivity contribution in [2.24, 2.45) is 0 Å². The highest BCUT2D eigenvalue weighted by Gasteiger charge is 2.14. The van der Waals surface area contributed by atoms with Crippen LogP contribution in [0.2, 0.25) is 0 Å². The normalized spacial score (nSPS) is 12.6. The van der Waals surface area contributed by atoms with Gasteiger partial charge in [0.2, 0.25) is 0 Å². The lowest BCUT2D eigenvalue weighted by Crippen LogP contribution is -2.18. The molecule has 0 aliphatic rings. The zero-order chi connectivity index (χ0) is 31.5. The third-order valence-electron chi connectivity index (χ3n) is 8.13. The topological polar surface area (TPSA) is 63.6 Å². The highest BCUT2D eigenvalue weighted by molar-refractivity contribution is 5.69. The molecule has 250 valence electrons. The molecule has 0 aliphatic carbocycles. The Labute approximate surface area is 267 Å². The van der Waals surface area contributed by atoms with E-state index in [1.807, 2.05) is 0 Å². The van der Waals surface area contributed by atoms with Crippen molar-refractivity contribution in [3.05, 3.63) is 36.5 Å². The number of rotatable bonds is 33. The molecular weight excluding hydrogens is 532 g/mol. The zero-order valence-electron chi connectivity index (χ0n) is 28.5. The van der Waals surface area contributed by atoms with Crippen molar-refractivity contribution in [1.29, 1.82) is 0 Å². The van der Waals surface area contributed by atoms with Gasteiger partial charge < -0.3 is 9.84 Å². The zero-order valence-corrected chi connectivity index (χ0v) is 28.5. The fourth-order valence-corrected chi connectivity index (χ4v) is 5.43. The van der Waals surface area contributed by atoms with Crippen LogP contribution in [-0.4, -0.2) is 23.1 Å². The van der Waals surface area contributed by atoms with E-state index in [-0.39, 0.29) is 18.5 Å². The van der Waals surface area contributed by atoms with E-state index in [1.165, 1.54) is 83.5 Å². The molecule has 4 heteroatoms. The van der Waals surface area contributed by atoms with Gasteiger partial charge in [-0.3, -0.25) is 9.59 Å². The maximum atomic E-state index is 12.6. The summed E-state index contributed by atoms with van der Waals surface area (Å²) in [5, 5.41) is 8.77. The number of carbonyl (C=O) groups excluding carboxylic acids is 1. The lowest BCUT2D eigenvalue weighted by Gasteiger charge is -2.18. The third-order valence-corrected chi connectivity index (χ3v) is 8.13. The number of hydrogen-bond acceptors (Lipinski definition) is 3. The monoisotopic (exact) mass is 603 g/mol. The van der Waals surface area contributed by atoms with Crippen LogP contribution in [0.1, 0.15) is 194 Å². The van der Waals surface area contributed by atoms with Gasteiger partial charge in [0.15, 0.2) is 0 Å². The van der Waals surface area contributed by atoms with Crippen LogP contribution in [0.5, 0.6) is 0 Å². The second-order valence-corrected chi connectivity index (χ2v) is 12.4. The van der Waals surface area contributed by atoms with Gasteiger partial charge in [0.1, 0.15) is 6.10 Å². The molecule has 0 amide bonds. The Balaban J connectivity index is 3.85. The predicted molar refractivity (Wildman–Crippen MR) is 186 cm³/mol. The standard InChI is InChI=1S/C39H70O4/c1-3-5-7-9-11-12-13-14-15-16-17-18-19-20-21-22-23-28-32-36-39(42)43-37(33-29-25-10-8-6-4-2)34-30-26-24-27-31-35-38(40)41/h5,7,11-12,14-15,37H,3-4,6,8-10,13,16-36H2,1-2H3,(H,40,41)/b7-5-,12-11-,15-14-. The van der Waals surface area contributed by atoms with Crippen molar-refractivity contribution in [1.82, 2.24) is 0 Å². The number of carbonyl (C=O) groups is 2. The number of aliphatic carboxylic acids is 1. The molecule has 0 aromatic rings. The van der Waals surface area contributed by atoms with Crippen LogP contribution in [0.4, 0.5) is 0 Å². The first kappa shape index (κ1) is 41.2. The van der Waals surface area contributed by atoms with Crippen molar-refractivity contribution in [2.45, 2.75) is 200 Å². The first-order chi connectivity index (χ1) is 21.1. The van der Waals surface area contributed by atoms with Crippen LogP contribution < -0.4 is 0 Å². The largest absolute Gasteiger partial charge is 0.481 e. The molecule has 1 unspecified atom stereocenters. The Morgan fingerprint density at radius 1 is 0.535 bits per heavy atom. The average Bonchev–Trinajstić information content (AvgIpc) is 2.99. The number of allylic oxidation sites excluding steroid dienone is 6. The second kappa shape index (κ2) is 34.6. The minimum absolute atomic E-state index is 0.00774. The Bertz CT molecular complexity index is 693. The molecule has 1 N–H and O–H groups in total. The molecule has 0 saturated heterocycles.